The second-order valence-electron chi connectivity index (χ2n) is 5.70. The molecule has 106 valence electrons. The minimum atomic E-state index is -1.02. The molecular weight excluding hydrogens is 266 g/mol. The zero-order valence-electron chi connectivity index (χ0n) is 12.2. The van der Waals surface area contributed by atoms with E-state index in [4.69, 9.17) is 0 Å². The second-order valence-corrected chi connectivity index (χ2v) is 7.75. The predicted octanol–water partition coefficient (Wildman–Crippen LogP) is 3.90. The Morgan fingerprint density at radius 1 is 1.10 bits per heavy atom. The number of nitrogens with one attached hydrogen (secondary N) is 1. The van der Waals surface area contributed by atoms with E-state index in [1.165, 1.54) is 16.3 Å². The van der Waals surface area contributed by atoms with Gasteiger partial charge >= 0.3 is 0 Å². The van der Waals surface area contributed by atoms with Crippen molar-refractivity contribution in [1.82, 2.24) is 4.72 Å². The van der Waals surface area contributed by atoms with Crippen molar-refractivity contribution in [2.45, 2.75) is 25.5 Å². The molecule has 0 amide bonds. The molecule has 0 aromatic heterocycles. The van der Waals surface area contributed by atoms with Gasteiger partial charge in [-0.15, -0.1) is 0 Å². The fourth-order valence-electron chi connectivity index (χ4n) is 1.92. The lowest BCUT2D eigenvalue weighted by molar-refractivity contribution is 0.639. The molecule has 0 unspecified atom stereocenters. The Hall–Kier alpha value is -1.45. The lowest BCUT2D eigenvalue weighted by atomic mass is 10.0. The quantitative estimate of drug-likeness (QED) is 0.907. The van der Waals surface area contributed by atoms with E-state index < -0.39 is 11.0 Å². The first kappa shape index (κ1) is 14.9. The van der Waals surface area contributed by atoms with Gasteiger partial charge in [0.2, 0.25) is 0 Å². The van der Waals surface area contributed by atoms with Crippen LogP contribution in [0.4, 0.5) is 0 Å². The van der Waals surface area contributed by atoms with E-state index in [2.05, 4.69) is 41.1 Å². The molecule has 20 heavy (non-hydrogen) atoms. The van der Waals surface area contributed by atoms with Crippen LogP contribution in [-0.2, 0) is 11.0 Å². The summed E-state index contributed by atoms with van der Waals surface area (Å²) in [6.45, 7) is 6.49. The molecule has 0 aliphatic rings. The largest absolute Gasteiger partial charge is 0.242 e. The van der Waals surface area contributed by atoms with Crippen molar-refractivity contribution in [2.75, 3.05) is 6.54 Å². The zero-order valence-corrected chi connectivity index (χ0v) is 13.0. The smallest absolute Gasteiger partial charge is 0.0973 e. The van der Waals surface area contributed by atoms with Gasteiger partial charge in [0.25, 0.3) is 0 Å². The van der Waals surface area contributed by atoms with Crippen LogP contribution in [0.3, 0.4) is 0 Å². The summed E-state index contributed by atoms with van der Waals surface area (Å²) in [5.41, 5.74) is 1.19. The molecule has 1 atom stereocenters. The molecule has 0 aliphatic carbocycles. The molecule has 0 saturated carbocycles. The average Bonchev–Trinajstić information content (AvgIpc) is 2.42. The van der Waals surface area contributed by atoms with Gasteiger partial charge in [-0.3, -0.25) is 0 Å². The molecule has 3 heteroatoms. The highest BCUT2D eigenvalue weighted by atomic mass is 32.2. The van der Waals surface area contributed by atoms with Crippen molar-refractivity contribution in [1.29, 1.82) is 0 Å². The van der Waals surface area contributed by atoms with Crippen molar-refractivity contribution in [3.05, 3.63) is 54.1 Å². The third kappa shape index (κ3) is 3.78. The van der Waals surface area contributed by atoms with Crippen LogP contribution in [0.5, 0.6) is 0 Å². The normalized spacial score (nSPS) is 13.9. The van der Waals surface area contributed by atoms with E-state index in [0.29, 0.717) is 6.54 Å². The molecule has 0 saturated heterocycles. The van der Waals surface area contributed by atoms with E-state index in [9.17, 15) is 4.21 Å². The number of hydrogen-bond donors (Lipinski definition) is 1. The van der Waals surface area contributed by atoms with Crippen LogP contribution in [-0.4, -0.2) is 15.5 Å². The monoisotopic (exact) mass is 287 g/mol. The van der Waals surface area contributed by atoms with Crippen molar-refractivity contribution in [3.8, 4) is 0 Å². The van der Waals surface area contributed by atoms with E-state index in [0.717, 1.165) is 0 Å². The highest BCUT2D eigenvalue weighted by Gasteiger charge is 2.18. The predicted molar refractivity (Wildman–Crippen MR) is 88.9 cm³/mol. The van der Waals surface area contributed by atoms with E-state index in [-0.39, 0.29) is 4.75 Å². The molecule has 0 aliphatic heterocycles. The number of rotatable bonds is 4. The summed E-state index contributed by atoms with van der Waals surface area (Å²) in [5.74, 6) is 0. The summed E-state index contributed by atoms with van der Waals surface area (Å²) in [4.78, 5) is 0. The summed E-state index contributed by atoms with van der Waals surface area (Å²) in [6, 6.07) is 14.6. The van der Waals surface area contributed by atoms with Gasteiger partial charge in [0, 0.05) is 6.54 Å². The second kappa shape index (κ2) is 6.33. The highest BCUT2D eigenvalue weighted by molar-refractivity contribution is 7.84. The maximum Gasteiger partial charge on any atom is 0.0973 e. The molecule has 0 spiro atoms. The summed E-state index contributed by atoms with van der Waals surface area (Å²) in [6.07, 6.45) is 4.10. The van der Waals surface area contributed by atoms with Crippen molar-refractivity contribution >= 4 is 27.8 Å². The van der Waals surface area contributed by atoms with E-state index in [1.54, 1.807) is 0 Å². The molecule has 0 bridgehead atoms. The summed E-state index contributed by atoms with van der Waals surface area (Å²) in [5, 5.41) is 2.48. The van der Waals surface area contributed by atoms with E-state index >= 15 is 0 Å². The molecule has 2 rings (SSSR count). The topological polar surface area (TPSA) is 29.1 Å². The maximum atomic E-state index is 11.9. The molecule has 2 aromatic carbocycles. The summed E-state index contributed by atoms with van der Waals surface area (Å²) in [7, 11) is -1.02. The first-order chi connectivity index (χ1) is 9.48. The summed E-state index contributed by atoms with van der Waals surface area (Å²) >= 11 is 0. The number of hydrogen-bond acceptors (Lipinski definition) is 1. The minimum absolute atomic E-state index is 0.229. The molecule has 2 nitrogen and oxygen atoms in total. The van der Waals surface area contributed by atoms with Gasteiger partial charge in [-0.25, -0.2) is 8.93 Å². The molecule has 1 N–H and O–H groups in total. The van der Waals surface area contributed by atoms with Gasteiger partial charge in [0.1, 0.15) is 0 Å². The first-order valence-electron chi connectivity index (χ1n) is 6.78. The van der Waals surface area contributed by atoms with Gasteiger partial charge in [-0.05, 0) is 37.1 Å². The fourth-order valence-corrected chi connectivity index (χ4v) is 2.60. The zero-order chi connectivity index (χ0) is 14.6. The first-order valence-corrected chi connectivity index (χ1v) is 7.93. The third-order valence-electron chi connectivity index (χ3n) is 3.01. The van der Waals surface area contributed by atoms with Crippen molar-refractivity contribution in [3.63, 3.8) is 0 Å². The van der Waals surface area contributed by atoms with E-state index in [1.807, 2.05) is 39.0 Å². The van der Waals surface area contributed by atoms with Crippen LogP contribution in [0.15, 0.2) is 48.5 Å². The standard InChI is InChI=1S/C17H21NOS/c1-17(2,3)20(19)18-13-7-11-15-10-6-9-14-8-4-5-12-16(14)15/h4-12,18H,13H2,1-3H3/b11-7+/t20-/m1/s1. The maximum absolute atomic E-state index is 11.9. The average molecular weight is 287 g/mol. The van der Waals surface area contributed by atoms with Gasteiger partial charge in [-0.1, -0.05) is 54.6 Å². The third-order valence-corrected chi connectivity index (χ3v) is 4.55. The Morgan fingerprint density at radius 2 is 1.80 bits per heavy atom. The highest BCUT2D eigenvalue weighted by Crippen LogP contribution is 2.19. The lowest BCUT2D eigenvalue weighted by Gasteiger charge is -2.17. The Bertz CT molecular complexity index is 635. The van der Waals surface area contributed by atoms with Gasteiger partial charge < -0.3 is 0 Å². The van der Waals surface area contributed by atoms with Crippen LogP contribution < -0.4 is 4.72 Å². The molecule has 0 heterocycles. The Morgan fingerprint density at radius 3 is 2.55 bits per heavy atom. The van der Waals surface area contributed by atoms with Crippen molar-refractivity contribution in [2.24, 2.45) is 0 Å². The Kier molecular flexibility index (Phi) is 4.73. The fraction of sp³-hybridized carbons (Fsp3) is 0.294. The Labute approximate surface area is 123 Å². The Balaban J connectivity index is 2.06. The van der Waals surface area contributed by atoms with Gasteiger partial charge in [0.05, 0.1) is 15.7 Å². The SMILES string of the molecule is CC(C)(C)[S@@](=O)NC/C=C/c1cccc2ccccc12. The van der Waals surface area contributed by atoms with Crippen LogP contribution in [0, 0.1) is 0 Å². The van der Waals surface area contributed by atoms with Crippen LogP contribution in [0.2, 0.25) is 0 Å². The molecule has 2 aromatic rings. The lowest BCUT2D eigenvalue weighted by Crippen LogP contribution is -2.33. The molecule has 0 fully saturated rings. The number of benzene rings is 2. The van der Waals surface area contributed by atoms with Crippen molar-refractivity contribution < 1.29 is 4.21 Å². The summed E-state index contributed by atoms with van der Waals surface area (Å²) < 4.78 is 14.7. The molecular formula is C17H21NOS. The van der Waals surface area contributed by atoms with Crippen LogP contribution >= 0.6 is 0 Å². The number of fused-ring (bicyclic) bond motifs is 1. The molecule has 0 radical (unpaired) electrons. The van der Waals surface area contributed by atoms with Gasteiger partial charge in [0.15, 0.2) is 0 Å². The van der Waals surface area contributed by atoms with Crippen LogP contribution in [0.25, 0.3) is 16.8 Å². The minimum Gasteiger partial charge on any atom is -0.242 e. The van der Waals surface area contributed by atoms with Gasteiger partial charge in [-0.2, -0.15) is 0 Å². The van der Waals surface area contributed by atoms with Crippen LogP contribution in [0.1, 0.15) is 26.3 Å².